The van der Waals surface area contributed by atoms with Gasteiger partial charge in [0.2, 0.25) is 5.91 Å². The Kier molecular flexibility index (Phi) is 6.31. The Balaban J connectivity index is 1.76. The summed E-state index contributed by atoms with van der Waals surface area (Å²) in [6, 6.07) is 17.4. The molecule has 0 aliphatic carbocycles. The van der Waals surface area contributed by atoms with Gasteiger partial charge in [0, 0.05) is 16.1 Å². The molecule has 1 amide bonds. The minimum atomic E-state index is -0.181. The molecule has 144 valence electrons. The minimum absolute atomic E-state index is 0.181. The van der Waals surface area contributed by atoms with E-state index >= 15 is 0 Å². The average Bonchev–Trinajstić information content (AvgIpc) is 2.73. The first-order valence-electron chi connectivity index (χ1n) is 8.75. The van der Waals surface area contributed by atoms with E-state index < -0.39 is 0 Å². The quantitative estimate of drug-likeness (QED) is 0.446. The van der Waals surface area contributed by atoms with Crippen molar-refractivity contribution < 1.29 is 14.3 Å². The SMILES string of the molecule is COc1ccc(C(C)=NNC(=O)Cc2ccc(Br)c3ccccc23)c(OC)c1. The van der Waals surface area contributed by atoms with Crippen LogP contribution in [0.5, 0.6) is 11.5 Å². The summed E-state index contributed by atoms with van der Waals surface area (Å²) < 4.78 is 11.6. The van der Waals surface area contributed by atoms with E-state index in [1.54, 1.807) is 20.3 Å². The van der Waals surface area contributed by atoms with Gasteiger partial charge in [0.25, 0.3) is 0 Å². The molecule has 0 spiro atoms. The lowest BCUT2D eigenvalue weighted by Gasteiger charge is -2.11. The zero-order valence-corrected chi connectivity index (χ0v) is 17.5. The van der Waals surface area contributed by atoms with Crippen molar-refractivity contribution >= 4 is 38.3 Å². The molecule has 1 N–H and O–H groups in total. The van der Waals surface area contributed by atoms with Crippen LogP contribution in [0.2, 0.25) is 0 Å². The normalized spacial score (nSPS) is 11.4. The van der Waals surface area contributed by atoms with Crippen LogP contribution >= 0.6 is 15.9 Å². The molecular weight excluding hydrogens is 420 g/mol. The summed E-state index contributed by atoms with van der Waals surface area (Å²) in [6.07, 6.45) is 0.240. The Bertz CT molecular complexity index is 1050. The number of hydrazone groups is 1. The van der Waals surface area contributed by atoms with Gasteiger partial charge >= 0.3 is 0 Å². The van der Waals surface area contributed by atoms with Gasteiger partial charge in [0.05, 0.1) is 26.4 Å². The van der Waals surface area contributed by atoms with Crippen LogP contribution in [0.1, 0.15) is 18.1 Å². The molecule has 5 nitrogen and oxygen atoms in total. The van der Waals surface area contributed by atoms with Gasteiger partial charge in [-0.05, 0) is 41.5 Å². The topological polar surface area (TPSA) is 59.9 Å². The van der Waals surface area contributed by atoms with Gasteiger partial charge in [-0.25, -0.2) is 5.43 Å². The van der Waals surface area contributed by atoms with E-state index in [1.165, 1.54) is 0 Å². The Hall–Kier alpha value is -2.86. The zero-order chi connectivity index (χ0) is 20.1. The third kappa shape index (κ3) is 4.34. The maximum absolute atomic E-state index is 12.5. The number of nitrogens with one attached hydrogen (secondary N) is 1. The number of benzene rings is 3. The molecular formula is C22H21BrN2O3. The molecule has 3 aromatic carbocycles. The summed E-state index contributed by atoms with van der Waals surface area (Å²) in [6.45, 7) is 1.82. The van der Waals surface area contributed by atoms with Crippen molar-refractivity contribution in [2.45, 2.75) is 13.3 Å². The maximum Gasteiger partial charge on any atom is 0.244 e. The molecule has 0 bridgehead atoms. The molecule has 3 rings (SSSR count). The third-order valence-electron chi connectivity index (χ3n) is 4.46. The lowest BCUT2D eigenvalue weighted by molar-refractivity contribution is -0.120. The number of ether oxygens (including phenoxy) is 2. The van der Waals surface area contributed by atoms with Crippen molar-refractivity contribution in [3.63, 3.8) is 0 Å². The second-order valence-corrected chi connectivity index (χ2v) is 7.08. The summed E-state index contributed by atoms with van der Waals surface area (Å²) in [4.78, 5) is 12.5. The number of carbonyl (C=O) groups excluding carboxylic acids is 1. The molecule has 0 atom stereocenters. The summed E-state index contributed by atoms with van der Waals surface area (Å²) in [7, 11) is 3.18. The van der Waals surface area contributed by atoms with Gasteiger partial charge < -0.3 is 9.47 Å². The zero-order valence-electron chi connectivity index (χ0n) is 16.0. The summed E-state index contributed by atoms with van der Waals surface area (Å²) in [5.41, 5.74) is 5.03. The highest BCUT2D eigenvalue weighted by Crippen LogP contribution is 2.27. The largest absolute Gasteiger partial charge is 0.497 e. The Morgan fingerprint density at radius 2 is 1.79 bits per heavy atom. The van der Waals surface area contributed by atoms with Crippen LogP contribution in [0.15, 0.2) is 64.2 Å². The predicted molar refractivity (Wildman–Crippen MR) is 115 cm³/mol. The minimum Gasteiger partial charge on any atom is -0.497 e. The monoisotopic (exact) mass is 440 g/mol. The number of methoxy groups -OCH3 is 2. The molecule has 6 heteroatoms. The van der Waals surface area contributed by atoms with Gasteiger partial charge in [-0.15, -0.1) is 0 Å². The molecule has 0 fully saturated rings. The Labute approximate surface area is 172 Å². The fourth-order valence-corrected chi connectivity index (χ4v) is 3.47. The highest BCUT2D eigenvalue weighted by Gasteiger charge is 2.11. The molecule has 0 aliphatic rings. The van der Waals surface area contributed by atoms with Crippen molar-refractivity contribution in [3.8, 4) is 11.5 Å². The van der Waals surface area contributed by atoms with Gasteiger partial charge in [-0.2, -0.15) is 5.10 Å². The van der Waals surface area contributed by atoms with Gasteiger partial charge in [-0.3, -0.25) is 4.79 Å². The molecule has 3 aromatic rings. The van der Waals surface area contributed by atoms with E-state index in [-0.39, 0.29) is 12.3 Å². The first-order valence-corrected chi connectivity index (χ1v) is 9.54. The van der Waals surface area contributed by atoms with Crippen LogP contribution in [-0.4, -0.2) is 25.8 Å². The highest BCUT2D eigenvalue weighted by atomic mass is 79.9. The van der Waals surface area contributed by atoms with Crippen LogP contribution in [-0.2, 0) is 11.2 Å². The maximum atomic E-state index is 12.5. The second-order valence-electron chi connectivity index (χ2n) is 6.23. The predicted octanol–water partition coefficient (Wildman–Crippen LogP) is 4.70. The smallest absolute Gasteiger partial charge is 0.244 e. The molecule has 0 saturated heterocycles. The fourth-order valence-electron chi connectivity index (χ4n) is 3.00. The van der Waals surface area contributed by atoms with Crippen molar-refractivity contribution in [1.29, 1.82) is 0 Å². The lowest BCUT2D eigenvalue weighted by Crippen LogP contribution is -2.21. The van der Waals surface area contributed by atoms with Crippen LogP contribution in [0, 0.1) is 0 Å². The van der Waals surface area contributed by atoms with Crippen LogP contribution in [0.25, 0.3) is 10.8 Å². The number of amides is 1. The number of hydrogen-bond donors (Lipinski definition) is 1. The average molecular weight is 441 g/mol. The van der Waals surface area contributed by atoms with Crippen molar-refractivity contribution in [3.05, 3.63) is 70.2 Å². The first-order chi connectivity index (χ1) is 13.5. The van der Waals surface area contributed by atoms with Gasteiger partial charge in [-0.1, -0.05) is 46.3 Å². The summed E-state index contributed by atoms with van der Waals surface area (Å²) >= 11 is 3.55. The van der Waals surface area contributed by atoms with E-state index in [2.05, 4.69) is 26.5 Å². The number of carbonyl (C=O) groups is 1. The van der Waals surface area contributed by atoms with E-state index in [0.717, 1.165) is 26.4 Å². The molecule has 0 aromatic heterocycles. The standard InChI is InChI=1S/C22H21BrN2O3/c1-14(17-10-9-16(27-2)13-21(17)28-3)24-25-22(26)12-15-8-11-20(23)19-7-5-4-6-18(15)19/h4-11,13H,12H2,1-3H3,(H,25,26). The Morgan fingerprint density at radius 3 is 2.50 bits per heavy atom. The van der Waals surface area contributed by atoms with Crippen LogP contribution in [0.4, 0.5) is 0 Å². The van der Waals surface area contributed by atoms with E-state index in [1.807, 2.05) is 55.5 Å². The number of nitrogens with zero attached hydrogens (tertiary/aromatic N) is 1. The number of fused-ring (bicyclic) bond motifs is 1. The van der Waals surface area contributed by atoms with Crippen molar-refractivity contribution in [2.75, 3.05) is 14.2 Å². The number of rotatable bonds is 6. The molecule has 0 aliphatic heterocycles. The van der Waals surface area contributed by atoms with Gasteiger partial charge in [0.1, 0.15) is 11.5 Å². The van der Waals surface area contributed by atoms with Crippen LogP contribution < -0.4 is 14.9 Å². The van der Waals surface area contributed by atoms with Crippen molar-refractivity contribution in [1.82, 2.24) is 5.43 Å². The molecule has 0 saturated carbocycles. The highest BCUT2D eigenvalue weighted by molar-refractivity contribution is 9.10. The number of halogens is 1. The lowest BCUT2D eigenvalue weighted by atomic mass is 10.0. The fraction of sp³-hybridized carbons (Fsp3) is 0.182. The molecule has 0 radical (unpaired) electrons. The van der Waals surface area contributed by atoms with E-state index in [9.17, 15) is 4.79 Å². The van der Waals surface area contributed by atoms with Crippen molar-refractivity contribution in [2.24, 2.45) is 5.10 Å². The first kappa shape index (κ1) is 19.9. The molecule has 28 heavy (non-hydrogen) atoms. The summed E-state index contributed by atoms with van der Waals surface area (Å²) in [5.74, 6) is 1.15. The van der Waals surface area contributed by atoms with E-state index in [4.69, 9.17) is 9.47 Å². The molecule has 0 heterocycles. The van der Waals surface area contributed by atoms with Crippen LogP contribution in [0.3, 0.4) is 0 Å². The van der Waals surface area contributed by atoms with Gasteiger partial charge in [0.15, 0.2) is 0 Å². The molecule has 0 unspecified atom stereocenters. The second kappa shape index (κ2) is 8.89. The third-order valence-corrected chi connectivity index (χ3v) is 5.15. The Morgan fingerprint density at radius 1 is 1.04 bits per heavy atom. The summed E-state index contributed by atoms with van der Waals surface area (Å²) in [5, 5.41) is 6.36. The van der Waals surface area contributed by atoms with E-state index in [0.29, 0.717) is 17.2 Å². The number of hydrogen-bond acceptors (Lipinski definition) is 4.